The van der Waals surface area contributed by atoms with Crippen LogP contribution in [0.1, 0.15) is 293 Å². The fourth-order valence-electron chi connectivity index (χ4n) is 11.9. The Hall–Kier alpha value is -3.12. The highest BCUT2D eigenvalue weighted by atomic mass is 31.3. The molecule has 8 saturated heterocycles. The standard InChI is InChI=1S/C83H132O28P8/c1-65(2)33-21-37-69(9)41-25-45-73(13)49-29-53-77(17)57-61-92-112(84)96-81(100-116(88,101-81)108-112)97-113(85,93-62-58-78(18)54-30-50-74(14)46-26-42-70(10)38-22-34-66(3)4)109-117(89)102-82(103-117)98-114(86,94-63-59-79(19)55-31-51-75(15)47-27-43-71(11)39-23-35-67(5)6)110-118(90,104-82)105-83-99-115(87,111-119(91,106-83)107-83)95-64-60-80(20)56-32-52-76(16)48-28-44-72(12)40-24-36-68(7)8/h33-36,41-44,49-52,57-60H,21-32,37-40,45-48,53-56,61-64H2,1-20H3/b69-41+,70-42+,71-43+,72-44+,73-49?,74-50?,75-51?,76-52?,77-57+,78-58+,79-59+,80-60+. The van der Waals surface area contributed by atoms with Gasteiger partial charge < -0.3 is 0 Å². The molecule has 119 heavy (non-hydrogen) atoms. The van der Waals surface area contributed by atoms with E-state index in [1.165, 1.54) is 67.9 Å². The van der Waals surface area contributed by atoms with Crippen LogP contribution in [0.3, 0.4) is 0 Å². The normalized spacial score (nSPS) is 29.8. The van der Waals surface area contributed by atoms with Gasteiger partial charge in [-0.15, -0.1) is 0 Å². The molecule has 0 N–H and O–H groups in total. The minimum Gasteiger partial charge on any atom is -0.282 e. The van der Waals surface area contributed by atoms with E-state index in [9.17, 15) is 27.4 Å². The van der Waals surface area contributed by atoms with Crippen LogP contribution in [0.4, 0.5) is 0 Å². The summed E-state index contributed by atoms with van der Waals surface area (Å²) in [6, 6.07) is 0. The highest BCUT2D eigenvalue weighted by Gasteiger charge is 2.80. The predicted molar refractivity (Wildman–Crippen MR) is 464 cm³/mol. The fourth-order valence-corrected chi connectivity index (χ4v) is 24.7. The Balaban J connectivity index is 1.21. The summed E-state index contributed by atoms with van der Waals surface area (Å²) in [5.74, 6) is 0. The summed E-state index contributed by atoms with van der Waals surface area (Å²) in [5, 5.41) is 0. The molecule has 8 heterocycles. The van der Waals surface area contributed by atoms with Crippen LogP contribution in [0.2, 0.25) is 0 Å². The number of phosphoric ester groups is 8. The van der Waals surface area contributed by atoms with Gasteiger partial charge >= 0.3 is 81.1 Å². The predicted octanol–water partition coefficient (Wildman–Crippen LogP) is 30.7. The van der Waals surface area contributed by atoms with E-state index in [0.29, 0.717) is 62.5 Å². The maximum atomic E-state index is 15.2. The van der Waals surface area contributed by atoms with E-state index in [1.54, 1.807) is 32.9 Å². The SMILES string of the molecule is CC(C)=CCC/C(C)=C/CCC(C)=CCC/C(C)=C/COP1(=O)OC2(OP(=O)(OC/C=C(\C)CCC=C(C)CC/C=C(\C)CCC=C(C)C)OP3(=O)OC4(OP(=O)(OC/C=C(\C)CCC=C(C)CC/C=C(\C)CCC=C(C)C)OP(=O)(OC56OP(=O)(OC/C=C(\C)CCC=C(C)CC/C=C(\C)CCC=C(C)C)OP(=O)(O5)O6)O4)O3)OP(=O)(O2)O1. The van der Waals surface area contributed by atoms with E-state index in [2.05, 4.69) is 170 Å². The van der Waals surface area contributed by atoms with Gasteiger partial charge in [0, 0.05) is 0 Å². The van der Waals surface area contributed by atoms with Crippen LogP contribution in [0.25, 0.3) is 0 Å². The molecule has 5 atom stereocenters. The summed E-state index contributed by atoms with van der Waals surface area (Å²) in [6.45, 7) is 38.3. The molecule has 1 spiro atoms. The highest BCUT2D eigenvalue weighted by Crippen LogP contribution is 2.89. The zero-order valence-electron chi connectivity index (χ0n) is 73.5. The monoisotopic (exact) mass is 1820 g/mol. The van der Waals surface area contributed by atoms with Crippen LogP contribution < -0.4 is 0 Å². The van der Waals surface area contributed by atoms with Gasteiger partial charge in [0.05, 0.1) is 26.4 Å². The van der Waals surface area contributed by atoms with Crippen molar-refractivity contribution in [3.63, 3.8) is 0 Å². The minimum atomic E-state index is -6.00. The van der Waals surface area contributed by atoms with E-state index < -0.39 is 107 Å². The number of fused-ring (bicyclic) bond motifs is 4. The molecule has 0 saturated carbocycles. The third kappa shape index (κ3) is 39.3. The lowest BCUT2D eigenvalue weighted by Crippen LogP contribution is -2.53. The summed E-state index contributed by atoms with van der Waals surface area (Å²) in [7, 11) is -43.2. The van der Waals surface area contributed by atoms with Gasteiger partial charge in [-0.05, 0) is 293 Å². The number of hydrogen-bond donors (Lipinski definition) is 0. The first-order valence-corrected chi connectivity index (χ1v) is 52.5. The molecule has 8 aliphatic heterocycles. The molecule has 0 aliphatic carbocycles. The van der Waals surface area contributed by atoms with Crippen molar-refractivity contribution in [3.05, 3.63) is 186 Å². The molecule has 0 aromatic heterocycles. The van der Waals surface area contributed by atoms with E-state index in [1.807, 2.05) is 20.8 Å². The Morgan fingerprint density at radius 2 is 0.487 bits per heavy atom. The fraction of sp³-hybridized carbons (Fsp3) is 0.614. The summed E-state index contributed by atoms with van der Waals surface area (Å²) >= 11 is 0. The first-order chi connectivity index (χ1) is 55.7. The van der Waals surface area contributed by atoms with Crippen molar-refractivity contribution >= 4 is 62.6 Å². The van der Waals surface area contributed by atoms with Crippen LogP contribution in [-0.2, 0) is 126 Å². The van der Waals surface area contributed by atoms with Crippen LogP contribution in [0.15, 0.2) is 186 Å². The molecule has 8 fully saturated rings. The Morgan fingerprint density at radius 3 is 0.773 bits per heavy atom. The second-order valence-corrected chi connectivity index (χ2v) is 44.9. The Labute approximate surface area is 708 Å². The average molecular weight is 1830 g/mol. The Kier molecular flexibility index (Phi) is 42.8. The third-order valence-electron chi connectivity index (χ3n) is 18.8. The van der Waals surface area contributed by atoms with Gasteiger partial charge in [-0.25, -0.2) is 90.8 Å². The third-order valence-corrected chi connectivity index (χ3v) is 32.4. The van der Waals surface area contributed by atoms with Gasteiger partial charge in [-0.2, -0.15) is 17.2 Å². The first-order valence-electron chi connectivity index (χ1n) is 40.8. The zero-order chi connectivity index (χ0) is 88.0. The number of phosphoric acid groups is 8. The van der Waals surface area contributed by atoms with Crippen LogP contribution >= 0.6 is 62.6 Å². The van der Waals surface area contributed by atoms with E-state index >= 15 is 9.13 Å². The van der Waals surface area contributed by atoms with Crippen LogP contribution in [0.5, 0.6) is 0 Å². The van der Waals surface area contributed by atoms with Crippen molar-refractivity contribution in [2.24, 2.45) is 0 Å². The lowest BCUT2D eigenvalue weighted by atomic mass is 10.0. The maximum absolute atomic E-state index is 15.2. The smallest absolute Gasteiger partial charge is 0.282 e. The molecular weight excluding hydrogens is 1690 g/mol. The molecular formula is C83H132O28P8. The minimum absolute atomic E-state index is 0.443. The number of allylic oxidation sites excluding steroid dienone is 28. The van der Waals surface area contributed by atoms with E-state index in [-0.39, 0.29) is 0 Å². The van der Waals surface area contributed by atoms with Gasteiger partial charge in [0.25, 0.3) is 0 Å². The quantitative estimate of drug-likeness (QED) is 0.0403. The lowest BCUT2D eigenvalue weighted by Gasteiger charge is -2.50. The average Bonchev–Trinajstić information content (AvgIpc) is 0.697. The number of rotatable bonds is 54. The van der Waals surface area contributed by atoms with Crippen molar-refractivity contribution in [2.75, 3.05) is 26.4 Å². The van der Waals surface area contributed by atoms with Gasteiger partial charge in [0.1, 0.15) is 0 Å². The lowest BCUT2D eigenvalue weighted by molar-refractivity contribution is -0.467. The molecule has 0 aromatic rings. The maximum Gasteiger partial charge on any atom is 0.496 e. The second kappa shape index (κ2) is 48.7. The van der Waals surface area contributed by atoms with Crippen molar-refractivity contribution < 1.29 is 126 Å². The van der Waals surface area contributed by atoms with Crippen molar-refractivity contribution in [3.8, 4) is 0 Å². The number of hydrogen-bond acceptors (Lipinski definition) is 28. The van der Waals surface area contributed by atoms with Gasteiger partial charge in [-0.1, -0.05) is 186 Å². The molecule has 0 amide bonds. The zero-order valence-corrected chi connectivity index (χ0v) is 80.7. The topological polar surface area (TPSA) is 321 Å². The summed E-state index contributed by atoms with van der Waals surface area (Å²) in [5.41, 5.74) is 18.2. The summed E-state index contributed by atoms with van der Waals surface area (Å²) in [4.78, 5) is 0. The molecule has 672 valence electrons. The molecule has 8 rings (SSSR count). The van der Waals surface area contributed by atoms with E-state index in [0.717, 1.165) is 125 Å². The molecule has 28 nitrogen and oxygen atoms in total. The molecule has 0 aromatic carbocycles. The summed E-state index contributed by atoms with van der Waals surface area (Å²) in [6.07, 6.45) is 41.5. The Bertz CT molecular complexity index is 4370. The van der Waals surface area contributed by atoms with Crippen molar-refractivity contribution in [1.82, 2.24) is 0 Å². The highest BCUT2D eigenvalue weighted by molar-refractivity contribution is 7.66. The largest absolute Gasteiger partial charge is 0.496 e. The molecule has 8 aliphatic rings. The van der Waals surface area contributed by atoms with Gasteiger partial charge in [-0.3, -0.25) is 18.1 Å². The van der Waals surface area contributed by atoms with Crippen LogP contribution in [-0.4, -0.2) is 44.9 Å². The second-order valence-electron chi connectivity index (χ2n) is 31.9. The van der Waals surface area contributed by atoms with Crippen molar-refractivity contribution in [1.29, 1.82) is 0 Å². The van der Waals surface area contributed by atoms with E-state index in [4.69, 9.17) is 89.6 Å². The van der Waals surface area contributed by atoms with Gasteiger partial charge in [0.2, 0.25) is 0 Å². The molecule has 4 bridgehead atoms. The summed E-state index contributed by atoms with van der Waals surface area (Å²) < 4.78 is 222. The molecule has 36 heteroatoms. The Morgan fingerprint density at radius 1 is 0.261 bits per heavy atom. The first kappa shape index (κ1) is 105. The van der Waals surface area contributed by atoms with Crippen LogP contribution in [0, 0.1) is 0 Å². The molecule has 5 unspecified atom stereocenters. The molecule has 0 radical (unpaired) electrons. The van der Waals surface area contributed by atoms with Crippen molar-refractivity contribution in [2.45, 2.75) is 311 Å². The van der Waals surface area contributed by atoms with Gasteiger partial charge in [0.15, 0.2) is 0 Å².